The second-order valence-corrected chi connectivity index (χ2v) is 4.99. The van der Waals surface area contributed by atoms with E-state index in [-0.39, 0.29) is 0 Å². The first kappa shape index (κ1) is 12.0. The van der Waals surface area contributed by atoms with Crippen LogP contribution in [-0.2, 0) is 4.74 Å². The molecule has 2 rings (SSSR count). The van der Waals surface area contributed by atoms with Crippen molar-refractivity contribution < 1.29 is 9.15 Å². The highest BCUT2D eigenvalue weighted by Gasteiger charge is 2.12. The van der Waals surface area contributed by atoms with E-state index in [0.717, 1.165) is 49.3 Å². The number of ether oxygens (including phenoxy) is 1. The third-order valence-corrected chi connectivity index (χ3v) is 3.42. The Balaban J connectivity index is 1.57. The normalized spacial score (nSPS) is 17.8. The van der Waals surface area contributed by atoms with Crippen LogP contribution in [0.5, 0.6) is 0 Å². The molecular formula is C11H18N2O2S. The highest BCUT2D eigenvalue weighted by Crippen LogP contribution is 2.16. The van der Waals surface area contributed by atoms with Gasteiger partial charge in [0.2, 0.25) is 0 Å². The first-order valence-electron chi connectivity index (χ1n) is 5.70. The van der Waals surface area contributed by atoms with Crippen LogP contribution < -0.4 is 5.32 Å². The minimum absolute atomic E-state index is 0.626. The van der Waals surface area contributed by atoms with E-state index in [1.54, 1.807) is 18.0 Å². The van der Waals surface area contributed by atoms with E-state index in [4.69, 9.17) is 9.15 Å². The first-order chi connectivity index (χ1) is 7.84. The third kappa shape index (κ3) is 3.81. The lowest BCUT2D eigenvalue weighted by Crippen LogP contribution is -2.35. The number of oxazole rings is 1. The topological polar surface area (TPSA) is 47.3 Å². The predicted octanol–water partition coefficient (Wildman–Crippen LogP) is 1.84. The van der Waals surface area contributed by atoms with Gasteiger partial charge in [-0.3, -0.25) is 0 Å². The molecule has 1 N–H and O–H groups in total. The fraction of sp³-hybridized carbons (Fsp3) is 0.727. The fourth-order valence-electron chi connectivity index (χ4n) is 1.70. The maximum Gasteiger partial charge on any atom is 0.255 e. The van der Waals surface area contributed by atoms with E-state index in [9.17, 15) is 0 Å². The smallest absolute Gasteiger partial charge is 0.255 e. The lowest BCUT2D eigenvalue weighted by molar-refractivity contribution is 0.0786. The van der Waals surface area contributed by atoms with Gasteiger partial charge >= 0.3 is 0 Å². The van der Waals surface area contributed by atoms with Crippen LogP contribution in [0.25, 0.3) is 0 Å². The van der Waals surface area contributed by atoms with E-state index in [0.29, 0.717) is 6.04 Å². The molecule has 1 aliphatic heterocycles. The summed E-state index contributed by atoms with van der Waals surface area (Å²) in [5.41, 5.74) is 0.944. The summed E-state index contributed by atoms with van der Waals surface area (Å²) in [5.74, 6) is 0.997. The Bertz CT molecular complexity index is 311. The Hall–Kier alpha value is -0.520. The number of aromatic nitrogens is 1. The van der Waals surface area contributed by atoms with Crippen molar-refractivity contribution in [1.82, 2.24) is 10.3 Å². The summed E-state index contributed by atoms with van der Waals surface area (Å²) in [7, 11) is 0. The molecule has 1 saturated heterocycles. The SMILES string of the molecule is Cc1coc(SCCNC2CCOCC2)n1. The van der Waals surface area contributed by atoms with Gasteiger partial charge in [-0.2, -0.15) is 0 Å². The number of thioether (sulfide) groups is 1. The average molecular weight is 242 g/mol. The molecule has 1 aromatic heterocycles. The lowest BCUT2D eigenvalue weighted by atomic mass is 10.1. The van der Waals surface area contributed by atoms with Crippen molar-refractivity contribution in [2.45, 2.75) is 31.0 Å². The number of hydrogen-bond acceptors (Lipinski definition) is 5. The highest BCUT2D eigenvalue weighted by atomic mass is 32.2. The average Bonchev–Trinajstić information content (AvgIpc) is 2.72. The van der Waals surface area contributed by atoms with E-state index in [1.807, 2.05) is 6.92 Å². The molecule has 1 aromatic rings. The molecule has 0 atom stereocenters. The molecule has 0 aromatic carbocycles. The second-order valence-electron chi connectivity index (χ2n) is 3.94. The molecule has 1 fully saturated rings. The molecule has 5 heteroatoms. The van der Waals surface area contributed by atoms with Crippen LogP contribution in [0.4, 0.5) is 0 Å². The molecule has 0 spiro atoms. The van der Waals surface area contributed by atoms with Crippen LogP contribution in [0.2, 0.25) is 0 Å². The molecule has 16 heavy (non-hydrogen) atoms. The Morgan fingerprint density at radius 1 is 1.50 bits per heavy atom. The first-order valence-corrected chi connectivity index (χ1v) is 6.69. The van der Waals surface area contributed by atoms with Gasteiger partial charge in [-0.25, -0.2) is 4.98 Å². The Labute approximate surface area is 100 Å². The van der Waals surface area contributed by atoms with Gasteiger partial charge in [0, 0.05) is 31.6 Å². The van der Waals surface area contributed by atoms with Gasteiger partial charge < -0.3 is 14.5 Å². The number of hydrogen-bond donors (Lipinski definition) is 1. The molecule has 0 radical (unpaired) electrons. The predicted molar refractivity (Wildman–Crippen MR) is 63.8 cm³/mol. The zero-order chi connectivity index (χ0) is 11.2. The maximum atomic E-state index is 5.31. The minimum atomic E-state index is 0.626. The van der Waals surface area contributed by atoms with Crippen molar-refractivity contribution >= 4 is 11.8 Å². The van der Waals surface area contributed by atoms with Crippen molar-refractivity contribution in [2.24, 2.45) is 0 Å². The van der Waals surface area contributed by atoms with Crippen LogP contribution in [0, 0.1) is 6.92 Å². The van der Waals surface area contributed by atoms with E-state index in [2.05, 4.69) is 10.3 Å². The highest BCUT2D eigenvalue weighted by molar-refractivity contribution is 7.99. The summed E-state index contributed by atoms with van der Waals surface area (Å²) < 4.78 is 10.6. The van der Waals surface area contributed by atoms with Crippen molar-refractivity contribution in [1.29, 1.82) is 0 Å². The van der Waals surface area contributed by atoms with E-state index in [1.165, 1.54) is 0 Å². The summed E-state index contributed by atoms with van der Waals surface area (Å²) in [6.45, 7) is 4.72. The Kier molecular flexibility index (Phi) is 4.69. The quantitative estimate of drug-likeness (QED) is 0.630. The second kappa shape index (κ2) is 6.27. The third-order valence-electron chi connectivity index (χ3n) is 2.58. The van der Waals surface area contributed by atoms with Gasteiger partial charge in [-0.15, -0.1) is 0 Å². The van der Waals surface area contributed by atoms with Crippen molar-refractivity contribution in [3.05, 3.63) is 12.0 Å². The zero-order valence-electron chi connectivity index (χ0n) is 9.57. The van der Waals surface area contributed by atoms with Gasteiger partial charge in [0.05, 0.1) is 5.69 Å². The molecule has 4 nitrogen and oxygen atoms in total. The summed E-state index contributed by atoms with van der Waals surface area (Å²) >= 11 is 1.66. The molecule has 0 bridgehead atoms. The van der Waals surface area contributed by atoms with Gasteiger partial charge in [-0.1, -0.05) is 11.8 Å². The molecule has 0 unspecified atom stereocenters. The molecule has 1 aliphatic rings. The van der Waals surface area contributed by atoms with Crippen molar-refractivity contribution in [3.63, 3.8) is 0 Å². The van der Waals surface area contributed by atoms with Gasteiger partial charge in [0.15, 0.2) is 0 Å². The summed E-state index contributed by atoms with van der Waals surface area (Å²) in [5, 5.41) is 4.30. The largest absolute Gasteiger partial charge is 0.440 e. The van der Waals surface area contributed by atoms with Crippen LogP contribution >= 0.6 is 11.8 Å². The van der Waals surface area contributed by atoms with E-state index < -0.39 is 0 Å². The van der Waals surface area contributed by atoms with Gasteiger partial charge in [0.25, 0.3) is 5.22 Å². The summed E-state index contributed by atoms with van der Waals surface area (Å²) in [6, 6.07) is 0.626. The monoisotopic (exact) mass is 242 g/mol. The summed E-state index contributed by atoms with van der Waals surface area (Å²) in [4.78, 5) is 4.24. The van der Waals surface area contributed by atoms with Gasteiger partial charge in [0.1, 0.15) is 6.26 Å². The minimum Gasteiger partial charge on any atom is -0.440 e. The van der Waals surface area contributed by atoms with Crippen LogP contribution in [0.1, 0.15) is 18.5 Å². The van der Waals surface area contributed by atoms with Crippen LogP contribution in [-0.4, -0.2) is 36.5 Å². The number of rotatable bonds is 5. The van der Waals surface area contributed by atoms with Crippen LogP contribution in [0.15, 0.2) is 15.9 Å². The lowest BCUT2D eigenvalue weighted by Gasteiger charge is -2.22. The maximum absolute atomic E-state index is 5.31. The standard InChI is InChI=1S/C11H18N2O2S/c1-9-8-15-11(13-9)16-7-4-12-10-2-5-14-6-3-10/h8,10,12H,2-7H2,1H3. The van der Waals surface area contributed by atoms with Crippen LogP contribution in [0.3, 0.4) is 0 Å². The number of aryl methyl sites for hydroxylation is 1. The summed E-state index contributed by atoms with van der Waals surface area (Å²) in [6.07, 6.45) is 3.94. The molecule has 90 valence electrons. The Morgan fingerprint density at radius 2 is 2.31 bits per heavy atom. The molecule has 0 saturated carbocycles. The van der Waals surface area contributed by atoms with Gasteiger partial charge in [-0.05, 0) is 19.8 Å². The number of nitrogens with one attached hydrogen (secondary N) is 1. The van der Waals surface area contributed by atoms with Crippen molar-refractivity contribution in [3.8, 4) is 0 Å². The van der Waals surface area contributed by atoms with E-state index >= 15 is 0 Å². The molecule has 2 heterocycles. The Morgan fingerprint density at radius 3 is 3.00 bits per heavy atom. The fourth-order valence-corrected chi connectivity index (χ4v) is 2.42. The molecule has 0 amide bonds. The number of nitrogens with zero attached hydrogens (tertiary/aromatic N) is 1. The molecule has 0 aliphatic carbocycles. The zero-order valence-corrected chi connectivity index (χ0v) is 10.4. The molecular weight excluding hydrogens is 224 g/mol. The van der Waals surface area contributed by atoms with Crippen molar-refractivity contribution in [2.75, 3.05) is 25.5 Å².